The Bertz CT molecular complexity index is 760. The van der Waals surface area contributed by atoms with Gasteiger partial charge in [0, 0.05) is 17.6 Å². The van der Waals surface area contributed by atoms with Gasteiger partial charge >= 0.3 is 5.97 Å². The van der Waals surface area contributed by atoms with E-state index in [-0.39, 0.29) is 12.5 Å². The van der Waals surface area contributed by atoms with E-state index in [4.69, 9.17) is 9.47 Å². The number of aryl methyl sites for hydroxylation is 1. The topological polar surface area (TPSA) is 64.6 Å². The van der Waals surface area contributed by atoms with Crippen LogP contribution in [0.1, 0.15) is 35.7 Å². The predicted molar refractivity (Wildman–Crippen MR) is 98.1 cm³/mol. The number of carbonyl (C=O) groups is 2. The van der Waals surface area contributed by atoms with Crippen LogP contribution in [0.25, 0.3) is 11.1 Å². The van der Waals surface area contributed by atoms with Crippen LogP contribution in [-0.4, -0.2) is 31.2 Å². The highest BCUT2D eigenvalue weighted by Gasteiger charge is 2.27. The first-order valence-corrected chi connectivity index (χ1v) is 9.26. The summed E-state index contributed by atoms with van der Waals surface area (Å²) in [6.45, 7) is 4.65. The Morgan fingerprint density at radius 3 is 2.72 bits per heavy atom. The maximum atomic E-state index is 12.5. The molecule has 0 unspecified atom stereocenters. The molecule has 0 aliphatic carbocycles. The van der Waals surface area contributed by atoms with Crippen LogP contribution in [0.5, 0.6) is 0 Å². The lowest BCUT2D eigenvalue weighted by Crippen LogP contribution is -2.27. The molecular weight excluding hydrogens is 338 g/mol. The smallest absolute Gasteiger partial charge is 0.341 e. The molecule has 1 amide bonds. The molecule has 1 N–H and O–H groups in total. The van der Waals surface area contributed by atoms with E-state index in [1.54, 1.807) is 6.92 Å². The first-order valence-electron chi connectivity index (χ1n) is 8.38. The van der Waals surface area contributed by atoms with E-state index in [1.165, 1.54) is 11.3 Å². The van der Waals surface area contributed by atoms with Gasteiger partial charge in [-0.2, -0.15) is 0 Å². The second-order valence-electron chi connectivity index (χ2n) is 5.93. The van der Waals surface area contributed by atoms with Gasteiger partial charge in [0.1, 0.15) is 16.7 Å². The number of anilines is 1. The van der Waals surface area contributed by atoms with Gasteiger partial charge in [0.25, 0.3) is 5.91 Å². The zero-order valence-corrected chi connectivity index (χ0v) is 15.2. The van der Waals surface area contributed by atoms with Crippen molar-refractivity contribution in [2.75, 3.05) is 18.5 Å². The van der Waals surface area contributed by atoms with E-state index in [2.05, 4.69) is 5.32 Å². The molecule has 2 aromatic rings. The Balaban J connectivity index is 1.93. The number of esters is 1. The molecule has 0 spiro atoms. The van der Waals surface area contributed by atoms with Crippen molar-refractivity contribution in [1.82, 2.24) is 0 Å². The Hall–Kier alpha value is -2.18. The Morgan fingerprint density at radius 1 is 1.32 bits per heavy atom. The first kappa shape index (κ1) is 17.6. The number of carbonyl (C=O) groups excluding carboxylic acids is 2. The molecule has 2 heterocycles. The molecule has 3 rings (SSSR count). The van der Waals surface area contributed by atoms with E-state index < -0.39 is 12.1 Å². The summed E-state index contributed by atoms with van der Waals surface area (Å²) >= 11 is 1.33. The van der Waals surface area contributed by atoms with Crippen molar-refractivity contribution < 1.29 is 19.1 Å². The molecule has 1 fully saturated rings. The van der Waals surface area contributed by atoms with Gasteiger partial charge in [0.05, 0.1) is 6.61 Å². The van der Waals surface area contributed by atoms with Crippen LogP contribution >= 0.6 is 11.3 Å². The van der Waals surface area contributed by atoms with Crippen LogP contribution in [0.4, 0.5) is 5.00 Å². The van der Waals surface area contributed by atoms with E-state index in [1.807, 2.05) is 36.6 Å². The number of amides is 1. The molecule has 1 aliphatic heterocycles. The highest BCUT2D eigenvalue weighted by molar-refractivity contribution is 7.15. The van der Waals surface area contributed by atoms with Crippen molar-refractivity contribution in [3.05, 3.63) is 40.8 Å². The molecule has 1 saturated heterocycles. The summed E-state index contributed by atoms with van der Waals surface area (Å²) in [5.74, 6) is -0.637. The molecule has 0 bridgehead atoms. The standard InChI is InChI=1S/C19H21NO4S/c1-3-23-19(22)16-14(13-8-6-12(2)7-9-13)11-25-18(16)20-17(21)15-5-4-10-24-15/h6-9,11,15H,3-5,10H2,1-2H3,(H,20,21)/t15-/m0/s1. The second-order valence-corrected chi connectivity index (χ2v) is 6.81. The van der Waals surface area contributed by atoms with Crippen molar-refractivity contribution in [3.63, 3.8) is 0 Å². The normalized spacial score (nSPS) is 16.6. The molecule has 1 aromatic heterocycles. The molecule has 25 heavy (non-hydrogen) atoms. The second kappa shape index (κ2) is 7.80. The number of thiophene rings is 1. The fraction of sp³-hybridized carbons (Fsp3) is 0.368. The minimum absolute atomic E-state index is 0.208. The first-order chi connectivity index (χ1) is 12.1. The molecule has 132 valence electrons. The average Bonchev–Trinajstić information content (AvgIpc) is 3.25. The molecule has 6 heteroatoms. The van der Waals surface area contributed by atoms with Crippen LogP contribution in [0, 0.1) is 6.92 Å². The predicted octanol–water partition coefficient (Wildman–Crippen LogP) is 4.02. The number of hydrogen-bond acceptors (Lipinski definition) is 5. The fourth-order valence-corrected chi connectivity index (χ4v) is 3.74. The summed E-state index contributed by atoms with van der Waals surface area (Å²) in [5, 5.41) is 5.23. The van der Waals surface area contributed by atoms with Crippen LogP contribution < -0.4 is 5.32 Å². The van der Waals surface area contributed by atoms with E-state index in [0.717, 1.165) is 23.1 Å². The van der Waals surface area contributed by atoms with Crippen molar-refractivity contribution in [2.45, 2.75) is 32.8 Å². The molecular formula is C19H21NO4S. The number of benzene rings is 1. The van der Waals surface area contributed by atoms with Gasteiger partial charge < -0.3 is 14.8 Å². The lowest BCUT2D eigenvalue weighted by atomic mass is 10.0. The minimum atomic E-state index is -0.444. The number of hydrogen-bond donors (Lipinski definition) is 1. The van der Waals surface area contributed by atoms with Crippen molar-refractivity contribution >= 4 is 28.2 Å². The third-order valence-electron chi connectivity index (χ3n) is 4.09. The lowest BCUT2D eigenvalue weighted by Gasteiger charge is -2.11. The summed E-state index contributed by atoms with van der Waals surface area (Å²) < 4.78 is 10.6. The van der Waals surface area contributed by atoms with E-state index >= 15 is 0 Å². The molecule has 1 aliphatic rings. The van der Waals surface area contributed by atoms with Gasteiger partial charge in [-0.25, -0.2) is 4.79 Å². The van der Waals surface area contributed by atoms with E-state index in [0.29, 0.717) is 23.6 Å². The van der Waals surface area contributed by atoms with Crippen LogP contribution in [0.15, 0.2) is 29.6 Å². The maximum absolute atomic E-state index is 12.5. The quantitative estimate of drug-likeness (QED) is 0.819. The molecule has 0 saturated carbocycles. The van der Waals surface area contributed by atoms with Gasteiger partial charge in [0.15, 0.2) is 0 Å². The fourth-order valence-electron chi connectivity index (χ4n) is 2.78. The van der Waals surface area contributed by atoms with Crippen molar-refractivity contribution in [3.8, 4) is 11.1 Å². The number of rotatable bonds is 5. The summed E-state index contributed by atoms with van der Waals surface area (Å²) in [6.07, 6.45) is 1.14. The Kier molecular flexibility index (Phi) is 5.50. The van der Waals surface area contributed by atoms with Gasteiger partial charge in [-0.05, 0) is 32.3 Å². The molecule has 1 atom stereocenters. The largest absolute Gasteiger partial charge is 0.462 e. The summed E-state index contributed by atoms with van der Waals surface area (Å²) in [6, 6.07) is 7.91. The molecule has 5 nitrogen and oxygen atoms in total. The average molecular weight is 359 g/mol. The highest BCUT2D eigenvalue weighted by atomic mass is 32.1. The number of ether oxygens (including phenoxy) is 2. The molecule has 1 aromatic carbocycles. The SMILES string of the molecule is CCOC(=O)c1c(-c2ccc(C)cc2)csc1NC(=O)[C@@H]1CCCO1. The number of nitrogens with one attached hydrogen (secondary N) is 1. The monoisotopic (exact) mass is 359 g/mol. The summed E-state index contributed by atoms with van der Waals surface area (Å²) in [5.41, 5.74) is 3.24. The Morgan fingerprint density at radius 2 is 2.08 bits per heavy atom. The third-order valence-corrected chi connectivity index (χ3v) is 4.99. The third kappa shape index (κ3) is 3.91. The Labute approximate surface area is 151 Å². The van der Waals surface area contributed by atoms with Crippen molar-refractivity contribution in [2.24, 2.45) is 0 Å². The van der Waals surface area contributed by atoms with Gasteiger partial charge in [-0.3, -0.25) is 4.79 Å². The van der Waals surface area contributed by atoms with Gasteiger partial charge in [-0.15, -0.1) is 11.3 Å². The lowest BCUT2D eigenvalue weighted by molar-refractivity contribution is -0.124. The zero-order chi connectivity index (χ0) is 17.8. The maximum Gasteiger partial charge on any atom is 0.341 e. The van der Waals surface area contributed by atoms with Crippen molar-refractivity contribution in [1.29, 1.82) is 0 Å². The van der Waals surface area contributed by atoms with Gasteiger partial charge in [0.2, 0.25) is 0 Å². The van der Waals surface area contributed by atoms with E-state index in [9.17, 15) is 9.59 Å². The zero-order valence-electron chi connectivity index (χ0n) is 14.3. The summed E-state index contributed by atoms with van der Waals surface area (Å²) in [4.78, 5) is 24.8. The van der Waals surface area contributed by atoms with Crippen LogP contribution in [0.3, 0.4) is 0 Å². The highest BCUT2D eigenvalue weighted by Crippen LogP contribution is 2.36. The van der Waals surface area contributed by atoms with Crippen LogP contribution in [0.2, 0.25) is 0 Å². The van der Waals surface area contributed by atoms with Gasteiger partial charge in [-0.1, -0.05) is 29.8 Å². The molecule has 0 radical (unpaired) electrons. The summed E-state index contributed by atoms with van der Waals surface area (Å²) in [7, 11) is 0. The minimum Gasteiger partial charge on any atom is -0.462 e. The van der Waals surface area contributed by atoms with Crippen LogP contribution in [-0.2, 0) is 14.3 Å².